The Kier molecular flexibility index (Phi) is 3.03. The first-order valence-corrected chi connectivity index (χ1v) is 6.30. The molecule has 1 heterocycles. The van der Waals surface area contributed by atoms with Gasteiger partial charge in [-0.1, -0.05) is 6.07 Å². The second kappa shape index (κ2) is 4.85. The van der Waals surface area contributed by atoms with Crippen LogP contribution in [-0.2, 0) is 0 Å². The third kappa shape index (κ3) is 2.30. The number of rotatable bonds is 2. The fourth-order valence-electron chi connectivity index (χ4n) is 2.25. The molecule has 98 valence electrons. The smallest absolute Gasteiger partial charge is 0.193 e. The maximum atomic E-state index is 13.4. The maximum Gasteiger partial charge on any atom is 0.193 e. The van der Waals surface area contributed by atoms with Crippen LogP contribution in [0.25, 0.3) is 10.9 Å². The molecule has 0 amide bonds. The summed E-state index contributed by atoms with van der Waals surface area (Å²) in [5, 5.41) is 0.895. The predicted octanol–water partition coefficient (Wildman–Crippen LogP) is 3.91. The highest BCUT2D eigenvalue weighted by Crippen LogP contribution is 2.18. The first-order chi connectivity index (χ1) is 9.63. The number of fused-ring (bicyclic) bond motifs is 1. The Morgan fingerprint density at radius 1 is 1.05 bits per heavy atom. The van der Waals surface area contributed by atoms with E-state index in [0.717, 1.165) is 16.5 Å². The Bertz CT molecular complexity index is 791. The zero-order valence-corrected chi connectivity index (χ0v) is 10.9. The van der Waals surface area contributed by atoms with Gasteiger partial charge in [-0.3, -0.25) is 9.78 Å². The standard InChI is InChI=1S/C17H12FNO/c1-11-7-14(10-15(18)8-11)17(20)13-4-5-16-12(9-13)3-2-6-19-16/h2-10H,1H3. The molecule has 0 aliphatic carbocycles. The van der Waals surface area contributed by atoms with Crippen LogP contribution in [0.4, 0.5) is 4.39 Å². The molecule has 0 saturated heterocycles. The molecule has 0 aliphatic heterocycles. The van der Waals surface area contributed by atoms with Crippen molar-refractivity contribution in [3.8, 4) is 0 Å². The second-order valence-electron chi connectivity index (χ2n) is 4.76. The molecule has 2 nitrogen and oxygen atoms in total. The molecular weight excluding hydrogens is 253 g/mol. The first-order valence-electron chi connectivity index (χ1n) is 6.30. The molecule has 1 aromatic heterocycles. The predicted molar refractivity (Wildman–Crippen MR) is 76.3 cm³/mol. The zero-order chi connectivity index (χ0) is 14.1. The number of ketones is 1. The van der Waals surface area contributed by atoms with Crippen molar-refractivity contribution in [2.75, 3.05) is 0 Å². The summed E-state index contributed by atoms with van der Waals surface area (Å²) in [7, 11) is 0. The average Bonchev–Trinajstić information content (AvgIpc) is 2.45. The number of nitrogens with zero attached hydrogens (tertiary/aromatic N) is 1. The number of carbonyl (C=O) groups excluding carboxylic acids is 1. The highest BCUT2D eigenvalue weighted by atomic mass is 19.1. The van der Waals surface area contributed by atoms with Crippen LogP contribution >= 0.6 is 0 Å². The van der Waals surface area contributed by atoms with Crippen LogP contribution in [0.5, 0.6) is 0 Å². The number of pyridine rings is 1. The lowest BCUT2D eigenvalue weighted by Crippen LogP contribution is -2.02. The summed E-state index contributed by atoms with van der Waals surface area (Å²) in [6.45, 7) is 1.77. The van der Waals surface area contributed by atoms with Crippen molar-refractivity contribution >= 4 is 16.7 Å². The third-order valence-corrected chi connectivity index (χ3v) is 3.17. The van der Waals surface area contributed by atoms with E-state index in [4.69, 9.17) is 0 Å². The molecule has 20 heavy (non-hydrogen) atoms. The minimum atomic E-state index is -0.393. The summed E-state index contributed by atoms with van der Waals surface area (Å²) < 4.78 is 13.4. The Morgan fingerprint density at radius 2 is 1.90 bits per heavy atom. The molecule has 3 heteroatoms. The molecule has 0 saturated carbocycles. The highest BCUT2D eigenvalue weighted by Gasteiger charge is 2.11. The average molecular weight is 265 g/mol. The molecule has 0 N–H and O–H groups in total. The Balaban J connectivity index is 2.07. The summed E-state index contributed by atoms with van der Waals surface area (Å²) in [4.78, 5) is 16.6. The van der Waals surface area contributed by atoms with E-state index in [1.165, 1.54) is 12.1 Å². The van der Waals surface area contributed by atoms with Crippen molar-refractivity contribution in [1.82, 2.24) is 4.98 Å². The number of hydrogen-bond acceptors (Lipinski definition) is 2. The van der Waals surface area contributed by atoms with Gasteiger partial charge in [0.25, 0.3) is 0 Å². The monoisotopic (exact) mass is 265 g/mol. The van der Waals surface area contributed by atoms with Gasteiger partial charge in [-0.2, -0.15) is 0 Å². The van der Waals surface area contributed by atoms with Crippen LogP contribution in [0.3, 0.4) is 0 Å². The molecular formula is C17H12FNO. The fraction of sp³-hybridized carbons (Fsp3) is 0.0588. The van der Waals surface area contributed by atoms with Gasteiger partial charge in [0.1, 0.15) is 5.82 Å². The van der Waals surface area contributed by atoms with Crippen LogP contribution in [-0.4, -0.2) is 10.8 Å². The molecule has 0 fully saturated rings. The fourth-order valence-corrected chi connectivity index (χ4v) is 2.25. The minimum absolute atomic E-state index is 0.182. The van der Waals surface area contributed by atoms with Crippen molar-refractivity contribution in [2.45, 2.75) is 6.92 Å². The van der Waals surface area contributed by atoms with E-state index >= 15 is 0 Å². The largest absolute Gasteiger partial charge is 0.289 e. The molecule has 0 unspecified atom stereocenters. The lowest BCUT2D eigenvalue weighted by atomic mass is 10.00. The molecule has 2 aromatic carbocycles. The molecule has 0 radical (unpaired) electrons. The second-order valence-corrected chi connectivity index (χ2v) is 4.76. The summed E-state index contributed by atoms with van der Waals surface area (Å²) in [5.74, 6) is -0.575. The number of halogens is 1. The zero-order valence-electron chi connectivity index (χ0n) is 10.9. The van der Waals surface area contributed by atoms with Crippen LogP contribution < -0.4 is 0 Å². The number of aryl methyl sites for hydroxylation is 1. The molecule has 3 rings (SSSR count). The Hall–Kier alpha value is -2.55. The van der Waals surface area contributed by atoms with Crippen LogP contribution in [0.1, 0.15) is 21.5 Å². The first kappa shape index (κ1) is 12.5. The van der Waals surface area contributed by atoms with Crippen molar-refractivity contribution < 1.29 is 9.18 Å². The summed E-state index contributed by atoms with van der Waals surface area (Å²) in [6.07, 6.45) is 1.71. The van der Waals surface area contributed by atoms with E-state index in [1.807, 2.05) is 12.1 Å². The normalized spacial score (nSPS) is 10.7. The van der Waals surface area contributed by atoms with E-state index in [2.05, 4.69) is 4.98 Å². The van der Waals surface area contributed by atoms with Gasteiger partial charge in [0.05, 0.1) is 5.52 Å². The molecule has 0 aliphatic rings. The SMILES string of the molecule is Cc1cc(F)cc(C(=O)c2ccc3ncccc3c2)c1. The van der Waals surface area contributed by atoms with E-state index < -0.39 is 5.82 Å². The summed E-state index contributed by atoms with van der Waals surface area (Å²) >= 11 is 0. The van der Waals surface area contributed by atoms with Gasteiger partial charge in [0.2, 0.25) is 0 Å². The van der Waals surface area contributed by atoms with E-state index in [9.17, 15) is 9.18 Å². The van der Waals surface area contributed by atoms with Gasteiger partial charge in [-0.15, -0.1) is 0 Å². The maximum absolute atomic E-state index is 13.4. The lowest BCUT2D eigenvalue weighted by Gasteiger charge is -2.04. The van der Waals surface area contributed by atoms with Crippen molar-refractivity contribution in [3.05, 3.63) is 77.2 Å². The molecule has 0 spiro atoms. The summed E-state index contributed by atoms with van der Waals surface area (Å²) in [5.41, 5.74) is 2.47. The molecule has 0 bridgehead atoms. The molecule has 3 aromatic rings. The van der Waals surface area contributed by atoms with Gasteiger partial charge in [-0.25, -0.2) is 4.39 Å². The van der Waals surface area contributed by atoms with Gasteiger partial charge in [0, 0.05) is 22.7 Å². The quantitative estimate of drug-likeness (QED) is 0.657. The van der Waals surface area contributed by atoms with E-state index in [0.29, 0.717) is 11.1 Å². The Labute approximate surface area is 115 Å². The summed E-state index contributed by atoms with van der Waals surface area (Å²) in [6, 6.07) is 13.4. The van der Waals surface area contributed by atoms with Gasteiger partial charge >= 0.3 is 0 Å². The van der Waals surface area contributed by atoms with Crippen LogP contribution in [0.2, 0.25) is 0 Å². The van der Waals surface area contributed by atoms with Crippen LogP contribution in [0.15, 0.2) is 54.7 Å². The van der Waals surface area contributed by atoms with Crippen molar-refractivity contribution in [1.29, 1.82) is 0 Å². The van der Waals surface area contributed by atoms with Crippen LogP contribution in [0, 0.1) is 12.7 Å². The molecule has 0 atom stereocenters. The number of carbonyl (C=O) groups is 1. The Morgan fingerprint density at radius 3 is 2.70 bits per heavy atom. The third-order valence-electron chi connectivity index (χ3n) is 3.17. The van der Waals surface area contributed by atoms with Gasteiger partial charge in [0.15, 0.2) is 5.78 Å². The van der Waals surface area contributed by atoms with E-state index in [-0.39, 0.29) is 5.78 Å². The van der Waals surface area contributed by atoms with E-state index in [1.54, 1.807) is 37.4 Å². The highest BCUT2D eigenvalue weighted by molar-refractivity contribution is 6.10. The van der Waals surface area contributed by atoms with Gasteiger partial charge in [-0.05, 0) is 55.0 Å². The van der Waals surface area contributed by atoms with Crippen molar-refractivity contribution in [3.63, 3.8) is 0 Å². The number of benzene rings is 2. The van der Waals surface area contributed by atoms with Crippen molar-refractivity contribution in [2.24, 2.45) is 0 Å². The lowest BCUT2D eigenvalue weighted by molar-refractivity contribution is 0.103. The number of hydrogen-bond donors (Lipinski definition) is 0. The number of aromatic nitrogens is 1. The topological polar surface area (TPSA) is 30.0 Å². The van der Waals surface area contributed by atoms with Gasteiger partial charge < -0.3 is 0 Å². The minimum Gasteiger partial charge on any atom is -0.289 e.